The van der Waals surface area contributed by atoms with Crippen molar-refractivity contribution in [2.45, 2.75) is 45.6 Å². The summed E-state index contributed by atoms with van der Waals surface area (Å²) in [4.78, 5) is 11.5. The van der Waals surface area contributed by atoms with Gasteiger partial charge in [0, 0.05) is 50.0 Å². The SMILES string of the molecule is CCOc1ccccc1-c1ccc(N2CCNC[C@H]2CC)c(CNCCOCc2ccccc2)c1.O=C(O)C(F)(F)F. The molecule has 0 aliphatic carbocycles. The molecule has 0 aromatic heterocycles. The molecule has 228 valence electrons. The number of hydrogen-bond acceptors (Lipinski definition) is 6. The first-order valence-corrected chi connectivity index (χ1v) is 14.2. The van der Waals surface area contributed by atoms with Crippen LogP contribution in [0.5, 0.6) is 5.75 Å². The number of aliphatic carboxylic acids is 1. The minimum absolute atomic E-state index is 0.512. The highest BCUT2D eigenvalue weighted by molar-refractivity contribution is 5.74. The van der Waals surface area contributed by atoms with Gasteiger partial charge in [0.25, 0.3) is 0 Å². The van der Waals surface area contributed by atoms with Gasteiger partial charge in [0.15, 0.2) is 0 Å². The molecule has 10 heteroatoms. The Morgan fingerprint density at radius 1 is 1.07 bits per heavy atom. The molecule has 0 bridgehead atoms. The number of halogens is 3. The lowest BCUT2D eigenvalue weighted by molar-refractivity contribution is -0.192. The average Bonchev–Trinajstić information content (AvgIpc) is 2.99. The van der Waals surface area contributed by atoms with Crippen LogP contribution in [-0.2, 0) is 22.7 Å². The molecule has 0 unspecified atom stereocenters. The van der Waals surface area contributed by atoms with Crippen molar-refractivity contribution >= 4 is 11.7 Å². The van der Waals surface area contributed by atoms with E-state index in [0.717, 1.165) is 50.5 Å². The third kappa shape index (κ3) is 10.0. The molecule has 1 aliphatic heterocycles. The van der Waals surface area contributed by atoms with E-state index >= 15 is 0 Å². The number of carboxylic acid groups (broad SMARTS) is 1. The maximum Gasteiger partial charge on any atom is 0.490 e. The molecule has 4 rings (SSSR count). The number of carboxylic acids is 1. The Morgan fingerprint density at radius 2 is 1.79 bits per heavy atom. The second kappa shape index (κ2) is 16.7. The standard InChI is InChI=1S/C30H39N3O2.C2HF3O2/c1-3-27-22-31-16-18-33(27)29-15-14-25(28-12-8-9-13-30(28)35-4-2)20-26(29)21-32-17-19-34-23-24-10-6-5-7-11-24;3-2(4,5)1(6)7/h5-15,20,27,31-32H,3-4,16-19,21-23H2,1-2H3;(H,6,7)/t27-;/m1./s1. The van der Waals surface area contributed by atoms with Crippen LogP contribution in [-0.4, -0.2) is 62.7 Å². The number of alkyl halides is 3. The van der Waals surface area contributed by atoms with Crippen molar-refractivity contribution in [2.75, 3.05) is 44.3 Å². The number of para-hydroxylation sites is 1. The molecule has 1 saturated heterocycles. The number of nitrogens with one attached hydrogen (secondary N) is 2. The van der Waals surface area contributed by atoms with E-state index in [-0.39, 0.29) is 0 Å². The highest BCUT2D eigenvalue weighted by Crippen LogP contribution is 2.34. The third-order valence-electron chi connectivity index (χ3n) is 6.80. The van der Waals surface area contributed by atoms with Gasteiger partial charge in [-0.05, 0) is 48.2 Å². The van der Waals surface area contributed by atoms with E-state index < -0.39 is 12.1 Å². The van der Waals surface area contributed by atoms with E-state index in [1.807, 2.05) is 19.1 Å². The van der Waals surface area contributed by atoms with Crippen LogP contribution in [0.15, 0.2) is 72.8 Å². The van der Waals surface area contributed by atoms with Crippen LogP contribution < -0.4 is 20.3 Å². The van der Waals surface area contributed by atoms with Crippen LogP contribution in [0.1, 0.15) is 31.4 Å². The molecule has 3 N–H and O–H groups in total. The maximum atomic E-state index is 10.6. The predicted octanol–water partition coefficient (Wildman–Crippen LogP) is 5.88. The number of anilines is 1. The average molecular weight is 588 g/mol. The van der Waals surface area contributed by atoms with Crippen molar-refractivity contribution in [1.29, 1.82) is 0 Å². The Morgan fingerprint density at radius 3 is 2.48 bits per heavy atom. The zero-order valence-electron chi connectivity index (χ0n) is 24.1. The summed E-state index contributed by atoms with van der Waals surface area (Å²) in [5, 5.41) is 14.3. The summed E-state index contributed by atoms with van der Waals surface area (Å²) in [7, 11) is 0. The zero-order chi connectivity index (χ0) is 30.4. The summed E-state index contributed by atoms with van der Waals surface area (Å²) in [5.74, 6) is -1.82. The van der Waals surface area contributed by atoms with Gasteiger partial charge >= 0.3 is 12.1 Å². The molecule has 42 heavy (non-hydrogen) atoms. The molecule has 1 fully saturated rings. The molecule has 7 nitrogen and oxygen atoms in total. The maximum absolute atomic E-state index is 10.6. The van der Waals surface area contributed by atoms with Crippen LogP contribution >= 0.6 is 0 Å². The fourth-order valence-corrected chi connectivity index (χ4v) is 4.74. The lowest BCUT2D eigenvalue weighted by atomic mass is 9.99. The van der Waals surface area contributed by atoms with Crippen molar-refractivity contribution in [2.24, 2.45) is 0 Å². The Kier molecular flexibility index (Phi) is 13.1. The minimum atomic E-state index is -5.08. The molecule has 3 aromatic carbocycles. The summed E-state index contributed by atoms with van der Waals surface area (Å²) in [6, 6.07) is 26.0. The zero-order valence-corrected chi connectivity index (χ0v) is 24.1. The first-order chi connectivity index (χ1) is 20.2. The third-order valence-corrected chi connectivity index (χ3v) is 6.80. The van der Waals surface area contributed by atoms with Crippen molar-refractivity contribution in [3.8, 4) is 16.9 Å². The highest BCUT2D eigenvalue weighted by Gasteiger charge is 2.38. The van der Waals surface area contributed by atoms with E-state index in [9.17, 15) is 13.2 Å². The highest BCUT2D eigenvalue weighted by atomic mass is 19.4. The number of piperazine rings is 1. The molecule has 1 atom stereocenters. The summed E-state index contributed by atoms with van der Waals surface area (Å²) >= 11 is 0. The summed E-state index contributed by atoms with van der Waals surface area (Å²) < 4.78 is 43.5. The van der Waals surface area contributed by atoms with Gasteiger partial charge in [0.2, 0.25) is 0 Å². The van der Waals surface area contributed by atoms with E-state index in [1.54, 1.807) is 0 Å². The molecule has 0 radical (unpaired) electrons. The molecule has 1 heterocycles. The van der Waals surface area contributed by atoms with E-state index in [1.165, 1.54) is 22.4 Å². The Hall–Kier alpha value is -3.60. The number of carbonyl (C=O) groups is 1. The smallest absolute Gasteiger partial charge is 0.490 e. The molecule has 1 aliphatic rings. The van der Waals surface area contributed by atoms with Gasteiger partial charge in [-0.1, -0.05) is 61.5 Å². The lowest BCUT2D eigenvalue weighted by Gasteiger charge is -2.39. The number of benzene rings is 3. The normalized spacial score (nSPS) is 15.1. The van der Waals surface area contributed by atoms with Crippen LogP contribution in [0.4, 0.5) is 18.9 Å². The molecular weight excluding hydrogens is 547 g/mol. The lowest BCUT2D eigenvalue weighted by Crippen LogP contribution is -2.51. The van der Waals surface area contributed by atoms with Gasteiger partial charge in [0.1, 0.15) is 5.75 Å². The fraction of sp³-hybridized carbons (Fsp3) is 0.406. The number of nitrogens with zero attached hydrogens (tertiary/aromatic N) is 1. The first-order valence-electron chi connectivity index (χ1n) is 14.2. The van der Waals surface area contributed by atoms with Gasteiger partial charge in [-0.3, -0.25) is 0 Å². The summed E-state index contributed by atoms with van der Waals surface area (Å²) in [6.07, 6.45) is -3.96. The summed E-state index contributed by atoms with van der Waals surface area (Å²) in [6.45, 7) is 11.0. The number of hydrogen-bond donors (Lipinski definition) is 3. The van der Waals surface area contributed by atoms with Gasteiger partial charge in [-0.2, -0.15) is 13.2 Å². The van der Waals surface area contributed by atoms with Crippen LogP contribution in [0, 0.1) is 0 Å². The van der Waals surface area contributed by atoms with Gasteiger partial charge in [-0.25, -0.2) is 4.79 Å². The van der Waals surface area contributed by atoms with Crippen LogP contribution in [0.25, 0.3) is 11.1 Å². The Balaban J connectivity index is 0.000000616. The molecule has 0 spiro atoms. The van der Waals surface area contributed by atoms with Crippen molar-refractivity contribution in [3.05, 3.63) is 83.9 Å². The molecule has 3 aromatic rings. The summed E-state index contributed by atoms with van der Waals surface area (Å²) in [5.41, 5.74) is 6.18. The quantitative estimate of drug-likeness (QED) is 0.228. The molecule has 0 saturated carbocycles. The number of ether oxygens (including phenoxy) is 2. The second-order valence-electron chi connectivity index (χ2n) is 9.75. The molecular formula is C32H40F3N3O4. The number of rotatable bonds is 12. The van der Waals surface area contributed by atoms with E-state index in [2.05, 4.69) is 83.1 Å². The topological polar surface area (TPSA) is 83.1 Å². The van der Waals surface area contributed by atoms with Crippen molar-refractivity contribution < 1.29 is 32.5 Å². The van der Waals surface area contributed by atoms with Gasteiger partial charge in [0.05, 0.1) is 19.8 Å². The van der Waals surface area contributed by atoms with E-state index in [4.69, 9.17) is 19.4 Å². The van der Waals surface area contributed by atoms with Crippen molar-refractivity contribution in [1.82, 2.24) is 10.6 Å². The largest absolute Gasteiger partial charge is 0.493 e. The van der Waals surface area contributed by atoms with Crippen LogP contribution in [0.2, 0.25) is 0 Å². The van der Waals surface area contributed by atoms with Crippen LogP contribution in [0.3, 0.4) is 0 Å². The Labute approximate surface area is 245 Å². The van der Waals surface area contributed by atoms with Gasteiger partial charge < -0.3 is 30.1 Å². The molecule has 0 amide bonds. The predicted molar refractivity (Wildman–Crippen MR) is 159 cm³/mol. The fourth-order valence-electron chi connectivity index (χ4n) is 4.74. The second-order valence-corrected chi connectivity index (χ2v) is 9.75. The minimum Gasteiger partial charge on any atom is -0.493 e. The Bertz CT molecular complexity index is 1240. The van der Waals surface area contributed by atoms with E-state index in [0.29, 0.717) is 25.9 Å². The monoisotopic (exact) mass is 587 g/mol. The van der Waals surface area contributed by atoms with Gasteiger partial charge in [-0.15, -0.1) is 0 Å². The first kappa shape index (κ1) is 32.9. The van der Waals surface area contributed by atoms with Crippen molar-refractivity contribution in [3.63, 3.8) is 0 Å².